The molecule has 0 N–H and O–H groups in total. The molecule has 0 bridgehead atoms. The molecular formula is C26H34N4O2. The summed E-state index contributed by atoms with van der Waals surface area (Å²) < 4.78 is 0. The van der Waals surface area contributed by atoms with Crippen LogP contribution in [0, 0.1) is 0 Å². The Morgan fingerprint density at radius 3 is 2.12 bits per heavy atom. The summed E-state index contributed by atoms with van der Waals surface area (Å²) in [5.74, 6) is 0.424. The van der Waals surface area contributed by atoms with Crippen LogP contribution in [0.15, 0.2) is 42.5 Å². The molecule has 1 aliphatic carbocycles. The number of carbonyl (C=O) groups is 2. The van der Waals surface area contributed by atoms with E-state index in [1.165, 1.54) is 24.6 Å². The predicted octanol–water partition coefficient (Wildman–Crippen LogP) is 2.22. The Kier molecular flexibility index (Phi) is 6.42. The molecule has 6 heteroatoms. The van der Waals surface area contributed by atoms with Crippen LogP contribution in [0.2, 0.25) is 0 Å². The molecule has 2 heterocycles. The van der Waals surface area contributed by atoms with Crippen LogP contribution in [-0.4, -0.2) is 96.4 Å². The number of amides is 2. The minimum atomic E-state index is 0.180. The number of hydrogen-bond donors (Lipinski definition) is 0. The predicted molar refractivity (Wildman–Crippen MR) is 126 cm³/mol. The topological polar surface area (TPSA) is 47.1 Å². The third kappa shape index (κ3) is 4.66. The first kappa shape index (κ1) is 21.4. The molecule has 0 spiro atoms. The van der Waals surface area contributed by atoms with Gasteiger partial charge in [-0.25, -0.2) is 0 Å². The molecule has 2 aliphatic heterocycles. The lowest BCUT2D eigenvalue weighted by atomic mass is 9.91. The first-order valence-electron chi connectivity index (χ1n) is 12.2. The first-order chi connectivity index (χ1) is 15.7. The van der Waals surface area contributed by atoms with Gasteiger partial charge in [0.05, 0.1) is 13.0 Å². The van der Waals surface area contributed by atoms with Gasteiger partial charge in [-0.2, -0.15) is 0 Å². The summed E-state index contributed by atoms with van der Waals surface area (Å²) in [4.78, 5) is 34.5. The lowest BCUT2D eigenvalue weighted by Gasteiger charge is -2.43. The number of fused-ring (bicyclic) bond motifs is 1. The van der Waals surface area contributed by atoms with Crippen LogP contribution in [-0.2, 0) is 16.0 Å². The Morgan fingerprint density at radius 1 is 0.750 bits per heavy atom. The maximum atomic E-state index is 12.9. The van der Waals surface area contributed by atoms with Gasteiger partial charge in [-0.3, -0.25) is 19.4 Å². The molecule has 6 nitrogen and oxygen atoms in total. The van der Waals surface area contributed by atoms with Crippen LogP contribution >= 0.6 is 0 Å². The summed E-state index contributed by atoms with van der Waals surface area (Å²) in [6.07, 6.45) is 4.46. The Balaban J connectivity index is 1.08. The van der Waals surface area contributed by atoms with Crippen LogP contribution in [0.4, 0.5) is 0 Å². The number of carbonyl (C=O) groups excluding carboxylic acids is 2. The van der Waals surface area contributed by atoms with E-state index in [1.54, 1.807) is 0 Å². The molecule has 170 valence electrons. The summed E-state index contributed by atoms with van der Waals surface area (Å²) in [6.45, 7) is 7.19. The number of nitrogens with zero attached hydrogens (tertiary/aromatic N) is 4. The van der Waals surface area contributed by atoms with Crippen molar-refractivity contribution in [2.45, 2.75) is 31.7 Å². The van der Waals surface area contributed by atoms with E-state index in [0.29, 0.717) is 26.1 Å². The van der Waals surface area contributed by atoms with Gasteiger partial charge >= 0.3 is 0 Å². The van der Waals surface area contributed by atoms with Crippen molar-refractivity contribution in [3.05, 3.63) is 48.0 Å². The first-order valence-corrected chi connectivity index (χ1v) is 12.2. The van der Waals surface area contributed by atoms with Gasteiger partial charge < -0.3 is 9.80 Å². The second kappa shape index (κ2) is 9.59. The van der Waals surface area contributed by atoms with Crippen LogP contribution in [0.1, 0.15) is 24.8 Å². The highest BCUT2D eigenvalue weighted by molar-refractivity contribution is 5.90. The fraction of sp³-hybridized carbons (Fsp3) is 0.538. The molecule has 0 unspecified atom stereocenters. The standard InChI is InChI=1S/C26H34N4O2/c31-25(19-22-7-3-6-21-5-1-2-10-24(21)22)29-13-11-27(12-14-29)20-26(32)30-17-15-28(16-18-30)23-8-4-9-23/h1-3,5-7,10,23H,4,8-9,11-20H2. The summed E-state index contributed by atoms with van der Waals surface area (Å²) >= 11 is 0. The van der Waals surface area contributed by atoms with Gasteiger partial charge in [-0.1, -0.05) is 48.9 Å². The molecule has 32 heavy (non-hydrogen) atoms. The smallest absolute Gasteiger partial charge is 0.236 e. The van der Waals surface area contributed by atoms with Crippen LogP contribution < -0.4 is 0 Å². The number of piperazine rings is 2. The van der Waals surface area contributed by atoms with E-state index < -0.39 is 0 Å². The van der Waals surface area contributed by atoms with Crippen molar-refractivity contribution in [2.75, 3.05) is 58.9 Å². The van der Waals surface area contributed by atoms with Crippen LogP contribution in [0.3, 0.4) is 0 Å². The zero-order chi connectivity index (χ0) is 21.9. The van der Waals surface area contributed by atoms with Gasteiger partial charge in [-0.15, -0.1) is 0 Å². The van der Waals surface area contributed by atoms with Crippen LogP contribution in [0.25, 0.3) is 10.8 Å². The van der Waals surface area contributed by atoms with Gasteiger partial charge in [0.1, 0.15) is 0 Å². The quantitative estimate of drug-likeness (QED) is 0.724. The molecule has 3 fully saturated rings. The third-order valence-corrected chi connectivity index (χ3v) is 7.56. The Bertz CT molecular complexity index is 952. The fourth-order valence-electron chi connectivity index (χ4n) is 5.26. The normalized spacial score (nSPS) is 21.0. The highest BCUT2D eigenvalue weighted by Gasteiger charge is 2.30. The molecule has 0 atom stereocenters. The molecule has 2 saturated heterocycles. The molecule has 1 saturated carbocycles. The van der Waals surface area contributed by atoms with Gasteiger partial charge in [0, 0.05) is 58.4 Å². The molecule has 0 aromatic heterocycles. The summed E-state index contributed by atoms with van der Waals surface area (Å²) in [7, 11) is 0. The van der Waals surface area contributed by atoms with E-state index in [9.17, 15) is 9.59 Å². The largest absolute Gasteiger partial charge is 0.340 e. The monoisotopic (exact) mass is 434 g/mol. The second-order valence-electron chi connectivity index (χ2n) is 9.47. The molecule has 2 aromatic rings. The van der Waals surface area contributed by atoms with Crippen molar-refractivity contribution < 1.29 is 9.59 Å². The van der Waals surface area contributed by atoms with Crippen molar-refractivity contribution in [3.8, 4) is 0 Å². The zero-order valence-electron chi connectivity index (χ0n) is 18.9. The van der Waals surface area contributed by atoms with Crippen molar-refractivity contribution in [1.82, 2.24) is 19.6 Å². The minimum absolute atomic E-state index is 0.180. The Hall–Kier alpha value is -2.44. The van der Waals surface area contributed by atoms with E-state index in [2.05, 4.69) is 34.1 Å². The maximum absolute atomic E-state index is 12.9. The zero-order valence-corrected chi connectivity index (χ0v) is 18.9. The van der Waals surface area contributed by atoms with Gasteiger partial charge in [0.15, 0.2) is 0 Å². The third-order valence-electron chi connectivity index (χ3n) is 7.56. The van der Waals surface area contributed by atoms with Crippen molar-refractivity contribution in [2.24, 2.45) is 0 Å². The number of rotatable bonds is 5. The van der Waals surface area contributed by atoms with Crippen molar-refractivity contribution >= 4 is 22.6 Å². The average molecular weight is 435 g/mol. The van der Waals surface area contributed by atoms with Gasteiger partial charge in [0.25, 0.3) is 0 Å². The average Bonchev–Trinajstić information content (AvgIpc) is 2.79. The second-order valence-corrected chi connectivity index (χ2v) is 9.47. The molecule has 5 rings (SSSR count). The molecule has 2 amide bonds. The van der Waals surface area contributed by atoms with E-state index in [1.807, 2.05) is 28.0 Å². The van der Waals surface area contributed by atoms with E-state index >= 15 is 0 Å². The molecular weight excluding hydrogens is 400 g/mol. The lowest BCUT2D eigenvalue weighted by molar-refractivity contribution is -0.136. The van der Waals surface area contributed by atoms with E-state index in [4.69, 9.17) is 0 Å². The Labute approximate surface area is 190 Å². The van der Waals surface area contributed by atoms with Gasteiger partial charge in [0.2, 0.25) is 11.8 Å². The molecule has 0 radical (unpaired) electrons. The number of benzene rings is 2. The highest BCUT2D eigenvalue weighted by atomic mass is 16.2. The summed E-state index contributed by atoms with van der Waals surface area (Å²) in [5.41, 5.74) is 1.09. The number of hydrogen-bond acceptors (Lipinski definition) is 4. The van der Waals surface area contributed by atoms with Crippen LogP contribution in [0.5, 0.6) is 0 Å². The van der Waals surface area contributed by atoms with Crippen molar-refractivity contribution in [1.29, 1.82) is 0 Å². The van der Waals surface area contributed by atoms with Gasteiger partial charge in [-0.05, 0) is 29.2 Å². The Morgan fingerprint density at radius 2 is 1.41 bits per heavy atom. The SMILES string of the molecule is O=C(Cc1cccc2ccccc12)N1CCN(CC(=O)N2CCN(C3CCC3)CC2)CC1. The molecule has 2 aromatic carbocycles. The lowest BCUT2D eigenvalue weighted by Crippen LogP contribution is -2.56. The van der Waals surface area contributed by atoms with E-state index in [-0.39, 0.29) is 11.8 Å². The summed E-state index contributed by atoms with van der Waals surface area (Å²) in [6, 6.07) is 15.2. The highest BCUT2D eigenvalue weighted by Crippen LogP contribution is 2.25. The summed E-state index contributed by atoms with van der Waals surface area (Å²) in [5, 5.41) is 2.33. The minimum Gasteiger partial charge on any atom is -0.340 e. The molecule has 3 aliphatic rings. The van der Waals surface area contributed by atoms with Crippen molar-refractivity contribution in [3.63, 3.8) is 0 Å². The maximum Gasteiger partial charge on any atom is 0.236 e. The fourth-order valence-corrected chi connectivity index (χ4v) is 5.26. The van der Waals surface area contributed by atoms with E-state index in [0.717, 1.165) is 56.3 Å².